The van der Waals surface area contributed by atoms with E-state index >= 15 is 0 Å². The maximum atomic E-state index is 13.0. The number of carbonyl (C=O) groups excluding carboxylic acids is 1. The van der Waals surface area contributed by atoms with Crippen LogP contribution >= 0.6 is 0 Å². The van der Waals surface area contributed by atoms with Gasteiger partial charge in [-0.2, -0.15) is 0 Å². The van der Waals surface area contributed by atoms with Gasteiger partial charge in [0.05, 0.1) is 30.5 Å². The lowest BCUT2D eigenvalue weighted by molar-refractivity contribution is -0.0963. The maximum absolute atomic E-state index is 13.0. The standard InChI is InChI=1S/C18H24N2O9/c1-3-27-8-28-9-29-15-6-12-11(5-14(15)26-2)16(22)19-7-10(21)4-13(19)17(23)20(12)18(24)25/h5-6,10,13,17,21,23H,3-4,7-9H2,1-2H3,(H,24,25)/t10?,13-,17?/m0/s1. The van der Waals surface area contributed by atoms with Crippen LogP contribution in [0.25, 0.3) is 0 Å². The van der Waals surface area contributed by atoms with Crippen molar-refractivity contribution in [2.45, 2.75) is 31.7 Å². The largest absolute Gasteiger partial charge is 0.493 e. The highest BCUT2D eigenvalue weighted by Gasteiger charge is 2.47. The van der Waals surface area contributed by atoms with Crippen LogP contribution in [0.5, 0.6) is 11.5 Å². The van der Waals surface area contributed by atoms with Crippen LogP contribution in [0.4, 0.5) is 10.5 Å². The van der Waals surface area contributed by atoms with Gasteiger partial charge in [0.15, 0.2) is 31.3 Å². The van der Waals surface area contributed by atoms with Crippen LogP contribution in [0.15, 0.2) is 12.1 Å². The molecular weight excluding hydrogens is 388 g/mol. The molecule has 0 radical (unpaired) electrons. The lowest BCUT2D eigenvalue weighted by Gasteiger charge is -2.30. The second-order valence-corrected chi connectivity index (χ2v) is 6.58. The van der Waals surface area contributed by atoms with E-state index < -0.39 is 30.4 Å². The van der Waals surface area contributed by atoms with E-state index in [4.69, 9.17) is 18.9 Å². The summed E-state index contributed by atoms with van der Waals surface area (Å²) in [6, 6.07) is 1.79. The zero-order valence-electron chi connectivity index (χ0n) is 16.1. The fraction of sp³-hybridized carbons (Fsp3) is 0.556. The van der Waals surface area contributed by atoms with E-state index in [2.05, 4.69) is 0 Å². The Morgan fingerprint density at radius 1 is 1.21 bits per heavy atom. The molecule has 0 aromatic heterocycles. The topological polar surface area (TPSA) is 138 Å². The normalized spacial score (nSPS) is 23.4. The number of rotatable bonds is 7. The molecule has 1 fully saturated rings. The van der Waals surface area contributed by atoms with Gasteiger partial charge in [0.2, 0.25) is 0 Å². The summed E-state index contributed by atoms with van der Waals surface area (Å²) in [7, 11) is 1.38. The van der Waals surface area contributed by atoms with Crippen molar-refractivity contribution >= 4 is 17.7 Å². The molecule has 1 aromatic rings. The number of ether oxygens (including phenoxy) is 4. The average Bonchev–Trinajstić information content (AvgIpc) is 3.05. The Hall–Kier alpha value is -2.60. The van der Waals surface area contributed by atoms with Crippen molar-refractivity contribution in [3.8, 4) is 11.5 Å². The number of anilines is 1. The number of nitrogens with zero attached hydrogens (tertiary/aromatic N) is 2. The first kappa shape index (κ1) is 21.1. The molecule has 0 bridgehead atoms. The van der Waals surface area contributed by atoms with Gasteiger partial charge in [-0.1, -0.05) is 0 Å². The number of aliphatic hydroxyl groups excluding tert-OH is 2. The summed E-state index contributed by atoms with van der Waals surface area (Å²) in [5, 5.41) is 30.3. The minimum absolute atomic E-state index is 0.000700. The molecule has 0 spiro atoms. The van der Waals surface area contributed by atoms with E-state index in [1.807, 2.05) is 6.92 Å². The fourth-order valence-corrected chi connectivity index (χ4v) is 3.52. The molecule has 2 unspecified atom stereocenters. The van der Waals surface area contributed by atoms with Gasteiger partial charge in [-0.25, -0.2) is 9.69 Å². The fourth-order valence-electron chi connectivity index (χ4n) is 3.52. The third kappa shape index (κ3) is 4.08. The highest BCUT2D eigenvalue weighted by molar-refractivity contribution is 6.05. The Morgan fingerprint density at radius 3 is 2.62 bits per heavy atom. The third-order valence-corrected chi connectivity index (χ3v) is 4.84. The van der Waals surface area contributed by atoms with E-state index in [1.165, 1.54) is 24.1 Å². The first-order valence-corrected chi connectivity index (χ1v) is 9.08. The molecule has 1 aromatic carbocycles. The smallest absolute Gasteiger partial charge is 0.414 e. The minimum Gasteiger partial charge on any atom is -0.493 e. The molecule has 2 aliphatic heterocycles. The van der Waals surface area contributed by atoms with Gasteiger partial charge < -0.3 is 39.2 Å². The Labute approximate surface area is 166 Å². The predicted molar refractivity (Wildman–Crippen MR) is 98.0 cm³/mol. The number of aliphatic hydroxyl groups is 2. The van der Waals surface area contributed by atoms with Gasteiger partial charge in [-0.05, 0) is 19.4 Å². The predicted octanol–water partition coefficient (Wildman–Crippen LogP) is 0.434. The molecule has 11 heteroatoms. The summed E-state index contributed by atoms with van der Waals surface area (Å²) in [6.07, 6.45) is -3.78. The summed E-state index contributed by atoms with van der Waals surface area (Å²) in [5.74, 6) is -0.187. The lowest BCUT2D eigenvalue weighted by atomic mass is 10.1. The number of carboxylic acid groups (broad SMARTS) is 1. The van der Waals surface area contributed by atoms with Gasteiger partial charge in [-0.3, -0.25) is 4.79 Å². The molecule has 29 heavy (non-hydrogen) atoms. The van der Waals surface area contributed by atoms with Crippen LogP contribution in [0.3, 0.4) is 0 Å². The van der Waals surface area contributed by atoms with Crippen LogP contribution in [0, 0.1) is 0 Å². The van der Waals surface area contributed by atoms with Crippen molar-refractivity contribution in [2.75, 3.05) is 38.7 Å². The summed E-state index contributed by atoms with van der Waals surface area (Å²) >= 11 is 0. The van der Waals surface area contributed by atoms with Crippen molar-refractivity contribution in [3.63, 3.8) is 0 Å². The summed E-state index contributed by atoms with van der Waals surface area (Å²) < 4.78 is 21.0. The molecule has 11 nitrogen and oxygen atoms in total. The van der Waals surface area contributed by atoms with Crippen LogP contribution in [-0.2, 0) is 9.47 Å². The number of amides is 2. The quantitative estimate of drug-likeness (QED) is 0.430. The van der Waals surface area contributed by atoms with Crippen LogP contribution in [0.2, 0.25) is 0 Å². The molecule has 0 aliphatic carbocycles. The van der Waals surface area contributed by atoms with Gasteiger partial charge in [-0.15, -0.1) is 0 Å². The van der Waals surface area contributed by atoms with Gasteiger partial charge in [0, 0.05) is 19.2 Å². The van der Waals surface area contributed by atoms with E-state index in [0.717, 1.165) is 0 Å². The summed E-state index contributed by atoms with van der Waals surface area (Å²) in [5.41, 5.74) is -0.0259. The maximum Gasteiger partial charge on any atom is 0.414 e. The first-order chi connectivity index (χ1) is 13.9. The Kier molecular flexibility index (Phi) is 6.42. The summed E-state index contributed by atoms with van der Waals surface area (Å²) in [4.78, 5) is 26.9. The molecule has 2 amide bonds. The molecule has 1 saturated heterocycles. The van der Waals surface area contributed by atoms with Gasteiger partial charge >= 0.3 is 6.09 Å². The van der Waals surface area contributed by atoms with E-state index in [1.54, 1.807) is 0 Å². The number of hydrogen-bond donors (Lipinski definition) is 3. The molecule has 2 aliphatic rings. The highest BCUT2D eigenvalue weighted by Crippen LogP contribution is 2.41. The van der Waals surface area contributed by atoms with Crippen molar-refractivity contribution in [1.82, 2.24) is 4.90 Å². The number of carbonyl (C=O) groups is 2. The van der Waals surface area contributed by atoms with Crippen LogP contribution in [-0.4, -0.2) is 84.4 Å². The first-order valence-electron chi connectivity index (χ1n) is 9.08. The van der Waals surface area contributed by atoms with Crippen molar-refractivity contribution in [3.05, 3.63) is 17.7 Å². The molecular formula is C18H24N2O9. The van der Waals surface area contributed by atoms with E-state index in [9.17, 15) is 24.9 Å². The lowest BCUT2D eigenvalue weighted by Crippen LogP contribution is -2.50. The molecule has 3 N–H and O–H groups in total. The Balaban J connectivity index is 1.99. The van der Waals surface area contributed by atoms with E-state index in [-0.39, 0.29) is 49.3 Å². The zero-order valence-corrected chi connectivity index (χ0v) is 16.1. The molecule has 160 valence electrons. The molecule has 2 heterocycles. The van der Waals surface area contributed by atoms with E-state index in [0.29, 0.717) is 11.5 Å². The molecule has 3 rings (SSSR count). The third-order valence-electron chi connectivity index (χ3n) is 4.84. The minimum atomic E-state index is -1.55. The molecule has 0 saturated carbocycles. The van der Waals surface area contributed by atoms with Crippen LogP contribution in [0.1, 0.15) is 23.7 Å². The van der Waals surface area contributed by atoms with Gasteiger partial charge in [0.1, 0.15) is 0 Å². The zero-order chi connectivity index (χ0) is 21.1. The number of fused-ring (bicyclic) bond motifs is 2. The van der Waals surface area contributed by atoms with Gasteiger partial charge in [0.25, 0.3) is 5.91 Å². The highest BCUT2D eigenvalue weighted by atomic mass is 16.7. The average molecular weight is 412 g/mol. The monoisotopic (exact) mass is 412 g/mol. The van der Waals surface area contributed by atoms with Crippen LogP contribution < -0.4 is 14.4 Å². The number of benzene rings is 1. The Bertz CT molecular complexity index is 772. The second-order valence-electron chi connectivity index (χ2n) is 6.58. The Morgan fingerprint density at radius 2 is 1.97 bits per heavy atom. The van der Waals surface area contributed by atoms with Crippen molar-refractivity contribution in [2.24, 2.45) is 0 Å². The SMILES string of the molecule is CCOCOCOc1cc2c(cc1OC)C(=O)N1CC(O)C[C@H]1C(O)N2C(=O)O. The number of methoxy groups -OCH3 is 1. The molecule has 3 atom stereocenters. The second kappa shape index (κ2) is 8.82. The number of hydrogen-bond acceptors (Lipinski definition) is 8. The van der Waals surface area contributed by atoms with Crippen molar-refractivity contribution in [1.29, 1.82) is 0 Å². The van der Waals surface area contributed by atoms with Crippen molar-refractivity contribution < 1.29 is 43.9 Å². The summed E-state index contributed by atoms with van der Waals surface area (Å²) in [6.45, 7) is 2.11.